The highest BCUT2D eigenvalue weighted by atomic mass is 33.1. The lowest BCUT2D eigenvalue weighted by atomic mass is 10.1. The fourth-order valence-corrected chi connectivity index (χ4v) is 6.15. The highest BCUT2D eigenvalue weighted by Crippen LogP contribution is 2.20. The molecule has 0 aliphatic rings. The van der Waals surface area contributed by atoms with E-state index in [9.17, 15) is 20.0 Å². The molecule has 0 unspecified atom stereocenters. The molecule has 0 bridgehead atoms. The number of hydrogen-bond donors (Lipinski definition) is 4. The third-order valence-corrected chi connectivity index (χ3v) is 9.29. The summed E-state index contributed by atoms with van der Waals surface area (Å²) in [6, 6.07) is 34.3. The molecule has 12 heteroatoms. The molecule has 0 saturated carbocycles. The first-order valence-electron chi connectivity index (χ1n) is 15.3. The second kappa shape index (κ2) is 20.3. The van der Waals surface area contributed by atoms with E-state index in [1.165, 1.54) is 21.6 Å². The number of nitrogens with zero attached hydrogens (tertiary/aromatic N) is 2. The highest BCUT2D eigenvalue weighted by Gasteiger charge is 2.14. The standard InChI is InChI=1S/C36H38N4O6S2/c41-35(33(39-43)23-27-11-15-31(16-12-27)45-25-29-7-3-1-4-8-29)37-19-21-47-48-22-20-38-36(42)34(40-44)24-28-13-17-32(18-14-28)46-26-30-9-5-2-6-10-30/h1-18,43-44H,19-26H2,(H,37,41)(H,38,42)/b39-33-,40-34-. The van der Waals surface area contributed by atoms with Crippen LogP contribution in [0.4, 0.5) is 0 Å². The van der Waals surface area contributed by atoms with Gasteiger partial charge in [-0.3, -0.25) is 9.59 Å². The predicted molar refractivity (Wildman–Crippen MR) is 191 cm³/mol. The van der Waals surface area contributed by atoms with Gasteiger partial charge in [0.15, 0.2) is 0 Å². The number of rotatable bonds is 19. The Morgan fingerprint density at radius 2 is 0.917 bits per heavy atom. The van der Waals surface area contributed by atoms with Gasteiger partial charge >= 0.3 is 0 Å². The van der Waals surface area contributed by atoms with Crippen LogP contribution in [-0.4, -0.2) is 58.2 Å². The van der Waals surface area contributed by atoms with E-state index < -0.39 is 11.8 Å². The second-order valence-corrected chi connectivity index (χ2v) is 13.1. The Labute approximate surface area is 288 Å². The fourth-order valence-electron chi connectivity index (χ4n) is 4.33. The number of hydrogen-bond acceptors (Lipinski definition) is 10. The fraction of sp³-hybridized carbons (Fsp3) is 0.222. The van der Waals surface area contributed by atoms with Crippen molar-refractivity contribution in [2.75, 3.05) is 24.6 Å². The minimum Gasteiger partial charge on any atom is -0.489 e. The van der Waals surface area contributed by atoms with Crippen LogP contribution in [0.25, 0.3) is 0 Å². The van der Waals surface area contributed by atoms with Gasteiger partial charge in [0.1, 0.15) is 36.1 Å². The Hall–Kier alpha value is -4.94. The monoisotopic (exact) mass is 686 g/mol. The zero-order valence-electron chi connectivity index (χ0n) is 26.3. The molecule has 2 amide bonds. The van der Waals surface area contributed by atoms with Gasteiger partial charge in [-0.25, -0.2) is 0 Å². The normalized spacial score (nSPS) is 11.5. The number of oxime groups is 2. The van der Waals surface area contributed by atoms with Gasteiger partial charge in [-0.2, -0.15) is 0 Å². The second-order valence-electron chi connectivity index (χ2n) is 10.4. The lowest BCUT2D eigenvalue weighted by Gasteiger charge is -2.09. The summed E-state index contributed by atoms with van der Waals surface area (Å²) in [5.41, 5.74) is 3.79. The Morgan fingerprint density at radius 3 is 1.27 bits per heavy atom. The van der Waals surface area contributed by atoms with Crippen molar-refractivity contribution < 1.29 is 29.5 Å². The maximum absolute atomic E-state index is 12.5. The van der Waals surface area contributed by atoms with Crippen molar-refractivity contribution in [2.24, 2.45) is 10.3 Å². The molecule has 0 heterocycles. The van der Waals surface area contributed by atoms with Gasteiger partial charge < -0.3 is 30.5 Å². The van der Waals surface area contributed by atoms with Crippen LogP contribution < -0.4 is 20.1 Å². The Kier molecular flexibility index (Phi) is 15.2. The van der Waals surface area contributed by atoms with Gasteiger partial charge in [0.2, 0.25) is 0 Å². The van der Waals surface area contributed by atoms with Crippen LogP contribution in [0.1, 0.15) is 22.3 Å². The van der Waals surface area contributed by atoms with E-state index in [1.807, 2.05) is 109 Å². The molecule has 4 aromatic rings. The van der Waals surface area contributed by atoms with Gasteiger partial charge in [-0.15, -0.1) is 0 Å². The summed E-state index contributed by atoms with van der Waals surface area (Å²) in [5.74, 6) is 1.76. The summed E-state index contributed by atoms with van der Waals surface area (Å²) in [4.78, 5) is 25.0. The number of ether oxygens (including phenoxy) is 2. The summed E-state index contributed by atoms with van der Waals surface area (Å²) in [7, 11) is 3.08. The van der Waals surface area contributed by atoms with Crippen LogP contribution in [-0.2, 0) is 35.6 Å². The smallest absolute Gasteiger partial charge is 0.269 e. The lowest BCUT2D eigenvalue weighted by molar-refractivity contribution is -0.115. The molecular formula is C36H38N4O6S2. The van der Waals surface area contributed by atoms with Gasteiger partial charge in [-0.1, -0.05) is 117 Å². The number of benzene rings is 4. The first-order chi connectivity index (χ1) is 23.5. The summed E-state index contributed by atoms with van der Waals surface area (Å²) < 4.78 is 11.6. The molecule has 0 saturated heterocycles. The van der Waals surface area contributed by atoms with Crippen LogP contribution >= 0.6 is 21.6 Å². The van der Waals surface area contributed by atoms with Crippen molar-refractivity contribution in [2.45, 2.75) is 26.1 Å². The van der Waals surface area contributed by atoms with E-state index in [0.717, 1.165) is 22.3 Å². The molecule has 0 radical (unpaired) electrons. The minimum absolute atomic E-state index is 0.0157. The molecule has 48 heavy (non-hydrogen) atoms. The summed E-state index contributed by atoms with van der Waals surface area (Å²) >= 11 is 0. The van der Waals surface area contributed by atoms with E-state index in [1.54, 1.807) is 0 Å². The first kappa shape index (κ1) is 35.9. The number of nitrogens with one attached hydrogen (secondary N) is 2. The van der Waals surface area contributed by atoms with E-state index >= 15 is 0 Å². The van der Waals surface area contributed by atoms with Gasteiger partial charge in [0.05, 0.1) is 0 Å². The third-order valence-electron chi connectivity index (χ3n) is 6.88. The number of carbonyl (C=O) groups excluding carboxylic acids is 2. The minimum atomic E-state index is -0.440. The van der Waals surface area contributed by atoms with Crippen molar-refractivity contribution in [1.82, 2.24) is 10.6 Å². The number of carbonyl (C=O) groups is 2. The molecule has 250 valence electrons. The zero-order valence-corrected chi connectivity index (χ0v) is 27.9. The van der Waals surface area contributed by atoms with Crippen molar-refractivity contribution in [3.63, 3.8) is 0 Å². The molecular weight excluding hydrogens is 649 g/mol. The van der Waals surface area contributed by atoms with Gasteiger partial charge in [-0.05, 0) is 46.5 Å². The highest BCUT2D eigenvalue weighted by molar-refractivity contribution is 8.76. The number of amides is 2. The first-order valence-corrected chi connectivity index (χ1v) is 17.8. The van der Waals surface area contributed by atoms with Gasteiger partial charge in [0, 0.05) is 37.4 Å². The topological polar surface area (TPSA) is 142 Å². The molecule has 0 aliphatic carbocycles. The molecule has 10 nitrogen and oxygen atoms in total. The molecule has 0 spiro atoms. The lowest BCUT2D eigenvalue weighted by Crippen LogP contribution is -2.34. The molecule has 4 aromatic carbocycles. The molecule has 0 atom stereocenters. The van der Waals surface area contributed by atoms with E-state index in [-0.39, 0.29) is 24.3 Å². The molecule has 0 fully saturated rings. The molecule has 0 aliphatic heterocycles. The summed E-state index contributed by atoms with van der Waals surface area (Å²) in [6.45, 7) is 1.68. The van der Waals surface area contributed by atoms with Crippen LogP contribution in [0.2, 0.25) is 0 Å². The van der Waals surface area contributed by atoms with E-state index in [0.29, 0.717) is 49.3 Å². The van der Waals surface area contributed by atoms with E-state index in [4.69, 9.17) is 9.47 Å². The average Bonchev–Trinajstić information content (AvgIpc) is 3.13. The Morgan fingerprint density at radius 1 is 0.542 bits per heavy atom. The van der Waals surface area contributed by atoms with E-state index in [2.05, 4.69) is 20.9 Å². The summed E-state index contributed by atoms with van der Waals surface area (Å²) in [6.07, 6.45) is 0.354. The summed E-state index contributed by atoms with van der Waals surface area (Å²) in [5, 5.41) is 30.7. The Balaban J connectivity index is 1.05. The maximum Gasteiger partial charge on any atom is 0.269 e. The van der Waals surface area contributed by atoms with Crippen LogP contribution in [0, 0.1) is 0 Å². The average molecular weight is 687 g/mol. The maximum atomic E-state index is 12.5. The van der Waals surface area contributed by atoms with Gasteiger partial charge in [0.25, 0.3) is 11.8 Å². The van der Waals surface area contributed by atoms with Crippen molar-refractivity contribution in [3.05, 3.63) is 131 Å². The van der Waals surface area contributed by atoms with Crippen LogP contribution in [0.5, 0.6) is 11.5 Å². The zero-order chi connectivity index (χ0) is 33.8. The largest absolute Gasteiger partial charge is 0.489 e. The quantitative estimate of drug-likeness (QED) is 0.0314. The molecule has 0 aromatic heterocycles. The molecule has 4 N–H and O–H groups in total. The van der Waals surface area contributed by atoms with Crippen molar-refractivity contribution in [3.8, 4) is 11.5 Å². The van der Waals surface area contributed by atoms with Crippen molar-refractivity contribution >= 4 is 44.8 Å². The SMILES string of the molecule is O=C(NCCSSCCNC(=O)/C(Cc1ccc(OCc2ccccc2)cc1)=N\O)/C(Cc1ccc(OCc2ccccc2)cc1)=N\O. The Bertz CT molecular complexity index is 1500. The van der Waals surface area contributed by atoms with Crippen LogP contribution in [0.3, 0.4) is 0 Å². The molecule has 4 rings (SSSR count). The predicted octanol–water partition coefficient (Wildman–Crippen LogP) is 5.90. The third kappa shape index (κ3) is 12.7. The van der Waals surface area contributed by atoms with Crippen LogP contribution in [0.15, 0.2) is 120 Å². The van der Waals surface area contributed by atoms with Crippen molar-refractivity contribution in [1.29, 1.82) is 0 Å².